The van der Waals surface area contributed by atoms with E-state index >= 15 is 0 Å². The molecule has 0 amide bonds. The van der Waals surface area contributed by atoms with Crippen LogP contribution in [0, 0.1) is 5.92 Å². The number of anilines is 1. The maximum atomic E-state index is 13.5. The Kier molecular flexibility index (Phi) is 8.03. The minimum absolute atomic E-state index is 0.115. The number of nitrogens with zero attached hydrogens (tertiary/aromatic N) is 3. The topological polar surface area (TPSA) is 87.2 Å². The highest BCUT2D eigenvalue weighted by Crippen LogP contribution is 2.29. The van der Waals surface area contributed by atoms with Gasteiger partial charge < -0.3 is 10.2 Å². The summed E-state index contributed by atoms with van der Waals surface area (Å²) in [7, 11) is 0.272. The van der Waals surface area contributed by atoms with Crippen molar-refractivity contribution < 1.29 is 8.42 Å². The van der Waals surface area contributed by atoms with Gasteiger partial charge in [0.25, 0.3) is 0 Å². The van der Waals surface area contributed by atoms with E-state index in [1.165, 1.54) is 6.42 Å². The highest BCUT2D eigenvalue weighted by Gasteiger charge is 2.29. The Morgan fingerprint density at radius 1 is 1.12 bits per heavy atom. The molecule has 1 aliphatic rings. The van der Waals surface area contributed by atoms with Crippen molar-refractivity contribution in [3.05, 3.63) is 59.5 Å². The monoisotopic (exact) mass is 501 g/mol. The lowest BCUT2D eigenvalue weighted by atomic mass is 9.84. The Labute approximate surface area is 207 Å². The standard InChI is InChI=1S/C25H32ClN5O2S/c1-31(2)17-24(19-6-4-3-5-7-19)30-34(32,33)21-9-8-18-11-13-28-25(22(18)14-21)29-15-20-10-12-27-16-23(20)26/h8-14,16,19,24,30H,3-7,15,17H2,1-2H3,(H,28,29)/t24-/m1/s1. The van der Waals surface area contributed by atoms with E-state index < -0.39 is 10.0 Å². The molecule has 9 heteroatoms. The molecule has 7 nitrogen and oxygen atoms in total. The van der Waals surface area contributed by atoms with E-state index in [9.17, 15) is 8.42 Å². The molecule has 1 atom stereocenters. The Hall–Kier alpha value is -2.26. The molecule has 1 fully saturated rings. The van der Waals surface area contributed by atoms with Crippen molar-refractivity contribution in [1.82, 2.24) is 19.6 Å². The van der Waals surface area contributed by atoms with Crippen LogP contribution in [-0.2, 0) is 16.6 Å². The van der Waals surface area contributed by atoms with Crippen LogP contribution in [0.3, 0.4) is 0 Å². The number of aromatic nitrogens is 2. The van der Waals surface area contributed by atoms with Crippen LogP contribution in [0.25, 0.3) is 10.8 Å². The van der Waals surface area contributed by atoms with E-state index in [1.807, 2.05) is 32.3 Å². The molecule has 2 heterocycles. The summed E-state index contributed by atoms with van der Waals surface area (Å²) in [5, 5.41) is 5.52. The second-order valence-electron chi connectivity index (χ2n) is 9.25. The first-order valence-corrected chi connectivity index (χ1v) is 13.6. The Bertz CT molecular complexity index is 1230. The summed E-state index contributed by atoms with van der Waals surface area (Å²) in [5.74, 6) is 0.968. The van der Waals surface area contributed by atoms with Gasteiger partial charge in [-0.3, -0.25) is 4.98 Å². The minimum atomic E-state index is -3.70. The zero-order chi connectivity index (χ0) is 24.1. The number of nitrogens with one attached hydrogen (secondary N) is 2. The molecule has 34 heavy (non-hydrogen) atoms. The number of sulfonamides is 1. The summed E-state index contributed by atoms with van der Waals surface area (Å²) >= 11 is 6.23. The van der Waals surface area contributed by atoms with Crippen LogP contribution in [0.1, 0.15) is 37.7 Å². The molecule has 0 unspecified atom stereocenters. The maximum Gasteiger partial charge on any atom is 0.240 e. The van der Waals surface area contributed by atoms with Gasteiger partial charge in [0.05, 0.1) is 9.92 Å². The summed E-state index contributed by atoms with van der Waals surface area (Å²) in [6.45, 7) is 1.13. The number of hydrogen-bond acceptors (Lipinski definition) is 6. The number of benzene rings is 1. The van der Waals surface area contributed by atoms with Gasteiger partial charge in [0.2, 0.25) is 10.0 Å². The molecule has 1 aromatic carbocycles. The van der Waals surface area contributed by atoms with Crippen LogP contribution >= 0.6 is 11.6 Å². The lowest BCUT2D eigenvalue weighted by Gasteiger charge is -2.32. The molecule has 0 saturated heterocycles. The third-order valence-electron chi connectivity index (χ3n) is 6.44. The summed E-state index contributed by atoms with van der Waals surface area (Å²) in [6, 6.07) is 8.81. The second kappa shape index (κ2) is 11.0. The molecule has 0 aliphatic heterocycles. The van der Waals surface area contributed by atoms with Crippen LogP contribution in [0.2, 0.25) is 5.02 Å². The van der Waals surface area contributed by atoms with E-state index in [4.69, 9.17) is 11.6 Å². The molecule has 2 N–H and O–H groups in total. The van der Waals surface area contributed by atoms with Gasteiger partial charge in [0, 0.05) is 43.1 Å². The van der Waals surface area contributed by atoms with Gasteiger partial charge in [-0.05, 0) is 68.1 Å². The van der Waals surface area contributed by atoms with E-state index in [-0.39, 0.29) is 10.9 Å². The van der Waals surface area contributed by atoms with Crippen LogP contribution in [-0.4, -0.2) is 50.0 Å². The number of fused-ring (bicyclic) bond motifs is 1. The minimum Gasteiger partial charge on any atom is -0.365 e. The van der Waals surface area contributed by atoms with Gasteiger partial charge in [0.15, 0.2) is 0 Å². The number of pyridine rings is 2. The van der Waals surface area contributed by atoms with Crippen LogP contribution in [0.4, 0.5) is 5.82 Å². The van der Waals surface area contributed by atoms with Gasteiger partial charge >= 0.3 is 0 Å². The van der Waals surface area contributed by atoms with E-state index in [1.54, 1.807) is 30.7 Å². The number of halogens is 1. The van der Waals surface area contributed by atoms with Gasteiger partial charge in [-0.1, -0.05) is 36.9 Å². The highest BCUT2D eigenvalue weighted by atomic mass is 35.5. The zero-order valence-corrected chi connectivity index (χ0v) is 21.2. The van der Waals surface area contributed by atoms with Crippen LogP contribution in [0.15, 0.2) is 53.8 Å². The van der Waals surface area contributed by atoms with E-state index in [0.29, 0.717) is 29.8 Å². The Balaban J connectivity index is 1.60. The maximum absolute atomic E-state index is 13.5. The predicted molar refractivity (Wildman–Crippen MR) is 138 cm³/mol. The first-order valence-electron chi connectivity index (χ1n) is 11.7. The molecular formula is C25H32ClN5O2S. The molecule has 1 saturated carbocycles. The second-order valence-corrected chi connectivity index (χ2v) is 11.4. The molecule has 0 bridgehead atoms. The SMILES string of the molecule is CN(C)C[C@@H](NS(=O)(=O)c1ccc2ccnc(NCc3ccncc3Cl)c2c1)C1CCCCC1. The van der Waals surface area contributed by atoms with Gasteiger partial charge in [-0.25, -0.2) is 18.1 Å². The number of hydrogen-bond donors (Lipinski definition) is 2. The molecule has 0 spiro atoms. The number of rotatable bonds is 9. The fourth-order valence-electron chi connectivity index (χ4n) is 4.66. The van der Waals surface area contributed by atoms with Gasteiger partial charge in [0.1, 0.15) is 5.82 Å². The quantitative estimate of drug-likeness (QED) is 0.442. The van der Waals surface area contributed by atoms with Crippen LogP contribution < -0.4 is 10.0 Å². The fourth-order valence-corrected chi connectivity index (χ4v) is 6.17. The average molecular weight is 502 g/mol. The Morgan fingerprint density at radius 3 is 2.65 bits per heavy atom. The first kappa shape index (κ1) is 24.9. The molecule has 2 aromatic heterocycles. The lowest BCUT2D eigenvalue weighted by molar-refractivity contribution is 0.242. The molecule has 4 rings (SSSR count). The summed E-state index contributed by atoms with van der Waals surface area (Å²) in [6.07, 6.45) is 10.7. The summed E-state index contributed by atoms with van der Waals surface area (Å²) in [5.41, 5.74) is 0.889. The third-order valence-corrected chi connectivity index (χ3v) is 8.27. The fraction of sp³-hybridized carbons (Fsp3) is 0.440. The van der Waals surface area contributed by atoms with Crippen molar-refractivity contribution in [3.63, 3.8) is 0 Å². The van der Waals surface area contributed by atoms with Crippen LogP contribution in [0.5, 0.6) is 0 Å². The molecule has 3 aromatic rings. The highest BCUT2D eigenvalue weighted by molar-refractivity contribution is 7.89. The van der Waals surface area contributed by atoms with Gasteiger partial charge in [-0.15, -0.1) is 0 Å². The van der Waals surface area contributed by atoms with Crippen molar-refractivity contribution >= 4 is 38.2 Å². The summed E-state index contributed by atoms with van der Waals surface area (Å²) in [4.78, 5) is 10.8. The largest absolute Gasteiger partial charge is 0.365 e. The third kappa shape index (κ3) is 6.05. The normalized spacial score (nSPS) is 16.1. The molecule has 1 aliphatic carbocycles. The Morgan fingerprint density at radius 2 is 1.91 bits per heavy atom. The van der Waals surface area contributed by atoms with Crippen molar-refractivity contribution in [1.29, 1.82) is 0 Å². The first-order chi connectivity index (χ1) is 16.3. The molecule has 182 valence electrons. The predicted octanol–water partition coefficient (Wildman–Crippen LogP) is 4.68. The number of likely N-dealkylation sites (N-methyl/N-ethyl adjacent to an activating group) is 1. The zero-order valence-electron chi connectivity index (χ0n) is 19.7. The lowest BCUT2D eigenvalue weighted by Crippen LogP contribution is -2.46. The summed E-state index contributed by atoms with van der Waals surface area (Å²) < 4.78 is 29.9. The van der Waals surface area contributed by atoms with Crippen molar-refractivity contribution in [2.24, 2.45) is 5.92 Å². The average Bonchev–Trinajstić information content (AvgIpc) is 2.83. The van der Waals surface area contributed by atoms with E-state index in [0.717, 1.165) is 42.0 Å². The van der Waals surface area contributed by atoms with Crippen molar-refractivity contribution in [2.75, 3.05) is 26.0 Å². The van der Waals surface area contributed by atoms with Gasteiger partial charge in [-0.2, -0.15) is 0 Å². The molecule has 0 radical (unpaired) electrons. The molecular weight excluding hydrogens is 470 g/mol. The van der Waals surface area contributed by atoms with E-state index in [2.05, 4.69) is 24.9 Å². The van der Waals surface area contributed by atoms with Crippen molar-refractivity contribution in [2.45, 2.75) is 49.6 Å². The van der Waals surface area contributed by atoms with Crippen molar-refractivity contribution in [3.8, 4) is 0 Å². The smallest absolute Gasteiger partial charge is 0.240 e.